The maximum absolute atomic E-state index is 11.0. The second-order valence-corrected chi connectivity index (χ2v) is 6.91. The van der Waals surface area contributed by atoms with Crippen LogP contribution in [0, 0.1) is 22.7 Å². The van der Waals surface area contributed by atoms with E-state index in [0.29, 0.717) is 37.4 Å². The molecule has 2 rings (SSSR count). The smallest absolute Gasteiger partial charge is 1.00 e. The van der Waals surface area contributed by atoms with E-state index in [1.807, 2.05) is 69.8 Å². The van der Waals surface area contributed by atoms with E-state index in [1.165, 1.54) is 13.8 Å². The minimum Gasteiger partial charge on any atom is -2.00 e. The molecule has 46 heteroatoms. The van der Waals surface area contributed by atoms with Gasteiger partial charge in [-0.05, 0) is 13.8 Å². The third-order valence-electron chi connectivity index (χ3n) is 3.51. The number of aromatic nitrogens is 4. The molecule has 0 aromatic carbocycles. The van der Waals surface area contributed by atoms with Crippen LogP contribution in [0.15, 0.2) is 61.7 Å². The van der Waals surface area contributed by atoms with Crippen LogP contribution in [0.2, 0.25) is 0 Å². The normalized spacial score (nSPS) is 4.17. The van der Waals surface area contributed by atoms with Gasteiger partial charge in [-0.2, -0.15) is 10.5 Å². The fourth-order valence-corrected chi connectivity index (χ4v) is 2.00. The van der Waals surface area contributed by atoms with Crippen LogP contribution in [-0.4, -0.2) is 34.3 Å². The first-order valence-electron chi connectivity index (χ1n) is 10.3. The number of rotatable bonds is 8. The minimum atomic E-state index is -0.332. The summed E-state index contributed by atoms with van der Waals surface area (Å²) in [5.41, 5.74) is 0.867. The summed E-state index contributed by atoms with van der Waals surface area (Å²) in [5, 5.41) is 14.6. The third-order valence-corrected chi connectivity index (χ3v) is 3.51. The minimum absolute atomic E-state index is 0. The van der Waals surface area contributed by atoms with Crippen LogP contribution in [0.25, 0.3) is 0 Å². The van der Waals surface area contributed by atoms with E-state index in [1.54, 1.807) is 26.0 Å². The molecule has 36 nitrogen and oxygen atoms in total. The molecule has 2 aromatic heterocycles. The zero-order valence-corrected chi connectivity index (χ0v) is 59.2. The Morgan fingerprint density at radius 3 is 0.686 bits per heavy atom. The summed E-state index contributed by atoms with van der Waals surface area (Å²) in [6.07, 6.45) is 11.6. The molecule has 0 bridgehead atoms. The van der Waals surface area contributed by atoms with Gasteiger partial charge in [-0.15, -0.1) is 0 Å². The number of nitrogens with zero attached hydrogens (tertiary/aromatic N) is 6. The summed E-state index contributed by atoms with van der Waals surface area (Å²) in [7, 11) is 3.88. The largest absolute Gasteiger partial charge is 2.00 e. The van der Waals surface area contributed by atoms with Gasteiger partial charge in [0.25, 0.3) is 0 Å². The van der Waals surface area contributed by atoms with Crippen molar-refractivity contribution in [2.24, 2.45) is 14.1 Å². The van der Waals surface area contributed by atoms with Gasteiger partial charge < -0.3 is 152 Å². The fourth-order valence-electron chi connectivity index (χ4n) is 2.00. The van der Waals surface area contributed by atoms with Crippen LogP contribution in [0.1, 0.15) is 27.7 Å². The number of imidazole rings is 2. The molecule has 70 heavy (non-hydrogen) atoms. The van der Waals surface area contributed by atoms with Crippen molar-refractivity contribution in [3.63, 3.8) is 0 Å². The average molecular weight is 1730 g/mol. The van der Waals surface area contributed by atoms with E-state index in [9.17, 15) is 9.59 Å². The van der Waals surface area contributed by atoms with E-state index in [-0.39, 0.29) is 426 Å². The van der Waals surface area contributed by atoms with Gasteiger partial charge in [0.2, 0.25) is 12.7 Å². The van der Waals surface area contributed by atoms with Crippen LogP contribution >= 0.6 is 0 Å². The Kier molecular flexibility index (Phi) is 941. The number of hydrogen-bond acceptors (Lipinski definition) is 6. The first kappa shape index (κ1) is 306. The summed E-state index contributed by atoms with van der Waals surface area (Å²) < 4.78 is 17.7. The number of esters is 2. The van der Waals surface area contributed by atoms with E-state index in [4.69, 9.17) is 20.0 Å². The molecule has 2 heterocycles. The van der Waals surface area contributed by atoms with Crippen molar-refractivity contribution >= 4 is 11.9 Å². The number of carbonyl (C=O) groups excluding carboxylic acids is 2. The van der Waals surface area contributed by atoms with Crippen LogP contribution < -0.4 is 112 Å². The zero-order chi connectivity index (χ0) is 26.5. The predicted molar refractivity (Wildman–Crippen MR) is 143 cm³/mol. The van der Waals surface area contributed by atoms with Gasteiger partial charge in [-0.3, -0.25) is 0 Å². The maximum Gasteiger partial charge on any atom is 1.00 e. The summed E-state index contributed by atoms with van der Waals surface area (Å²) >= 11 is 0. The molecule has 0 fully saturated rings. The van der Waals surface area contributed by atoms with Gasteiger partial charge in [-0.25, -0.2) is 27.9 Å². The summed E-state index contributed by atoms with van der Waals surface area (Å²) in [6, 6.07) is 3.50. The maximum atomic E-state index is 11.0. The molecular formula is C24H36K2Mo8N6O30-48. The van der Waals surface area contributed by atoms with E-state index in [0.717, 1.165) is 0 Å². The van der Waals surface area contributed by atoms with Crippen molar-refractivity contribution in [3.8, 4) is 12.1 Å². The Labute approximate surface area is 605 Å². The Morgan fingerprint density at radius 1 is 0.443 bits per heavy atom. The molecule has 0 atom stereocenters. The number of aryl methyl sites for hydroxylation is 2. The molecule has 440 valence electrons. The van der Waals surface area contributed by atoms with E-state index >= 15 is 0 Å². The van der Waals surface area contributed by atoms with Crippen molar-refractivity contribution in [2.45, 2.75) is 40.8 Å². The Balaban J connectivity index is -0.00000000498. The van der Waals surface area contributed by atoms with Gasteiger partial charge in [0.15, 0.2) is 0 Å². The van der Waals surface area contributed by atoms with Gasteiger partial charge in [-0.1, -0.05) is 13.2 Å². The van der Waals surface area contributed by atoms with Crippen molar-refractivity contribution in [3.05, 3.63) is 61.7 Å². The number of nitriles is 2. The van der Waals surface area contributed by atoms with Crippen LogP contribution in [0.3, 0.4) is 0 Å². The molecule has 0 aliphatic rings. The molecular weight excluding hydrogens is 1700 g/mol. The van der Waals surface area contributed by atoms with E-state index in [2.05, 4.69) is 13.2 Å². The fraction of sp³-hybridized carbons (Fsp3) is 0.417. The molecule has 0 amide bonds. The van der Waals surface area contributed by atoms with Crippen molar-refractivity contribution in [1.82, 2.24) is 9.13 Å². The Morgan fingerprint density at radius 2 is 0.586 bits per heavy atom. The van der Waals surface area contributed by atoms with E-state index < -0.39 is 0 Å². The monoisotopic (exact) mass is 1750 g/mol. The third kappa shape index (κ3) is 206. The SMILES string of the molecule is C=C(C)C(=O)OCCn1cc[n+](C)c1.C=C(C)C(=O)OCCn1cc[n+](C)c1.CC#N.CC#N.[K+].[K+].[Mo].[Mo].[Mo].[Mo].[Mo].[Mo].[Mo].[Mo].[O-2].[O-2].[O-2].[O-2].[O-2].[O-2].[O-2].[O-2].[O-2].[O-2].[O-2].[O-2].[O-2].[O-2].[O-2].[O-2].[O-2].[O-2].[O-2].[O-2].[O-2].[O-2].[O-2].[O-2].[O-2].[O-2]. The molecule has 0 spiro atoms. The Hall–Kier alpha value is 3.56. The molecule has 0 saturated heterocycles. The van der Waals surface area contributed by atoms with Crippen LogP contribution in [-0.2, 0) is 357 Å². The number of ether oxygens (including phenoxy) is 2. The first-order valence-corrected chi connectivity index (χ1v) is 10.3. The number of carbonyl (C=O) groups is 2. The topological polar surface area (TPSA) is 859 Å². The predicted octanol–water partition coefficient (Wildman–Crippen LogP) is -7.18. The van der Waals surface area contributed by atoms with Gasteiger partial charge in [0.1, 0.15) is 51.1 Å². The molecule has 0 unspecified atom stereocenters. The quantitative estimate of drug-likeness (QED) is 0.107. The Bertz CT molecular complexity index is 1000. The molecule has 0 aliphatic carbocycles. The summed E-state index contributed by atoms with van der Waals surface area (Å²) in [6.45, 7) is 15.2. The molecule has 0 aliphatic heterocycles. The van der Waals surface area contributed by atoms with Crippen molar-refractivity contribution < 1.29 is 442 Å². The van der Waals surface area contributed by atoms with Gasteiger partial charge in [0, 0.05) is 194 Å². The molecule has 0 N–H and O–H groups in total. The second kappa shape index (κ2) is 215. The summed E-state index contributed by atoms with van der Waals surface area (Å²) in [5.74, 6) is -0.664. The van der Waals surface area contributed by atoms with Gasteiger partial charge >= 0.3 is 115 Å². The van der Waals surface area contributed by atoms with Crippen molar-refractivity contribution in [1.29, 1.82) is 10.5 Å². The first-order chi connectivity index (χ1) is 16.0. The second-order valence-electron chi connectivity index (χ2n) is 6.91. The average Bonchev–Trinajstić information content (AvgIpc) is 3.37. The van der Waals surface area contributed by atoms with Crippen LogP contribution in [0.4, 0.5) is 0 Å². The van der Waals surface area contributed by atoms with Crippen LogP contribution in [0.5, 0.6) is 0 Å². The van der Waals surface area contributed by atoms with Crippen molar-refractivity contribution in [2.75, 3.05) is 13.2 Å². The molecule has 2 aromatic rings. The number of hydrogen-bond donors (Lipinski definition) is 0. The van der Waals surface area contributed by atoms with Gasteiger partial charge in [0.05, 0.1) is 26.2 Å². The zero-order valence-electron chi connectivity index (χ0n) is 36.9. The standard InChI is InChI=1S/2C10H15N2O2.2C2H3N.2K.8Mo.26O/c2*1-9(2)10(13)14-7-6-12-5-4-11(3)8-12;2*1-2-3;;;;;;;;;;;;;;;;;;;;;;;;;;;;;;;;;;;;/h2*4-5,8H,1,6-7H2,2-3H3;2*1H3;;;;;;;;;;;;;;;;;;;;;;;;;;;;;;;;;;;;/q2*+1;;;2*+1;;;;;;;;;26*-2. The molecule has 0 radical (unpaired) electrons. The summed E-state index contributed by atoms with van der Waals surface area (Å²) in [4.78, 5) is 22.0. The molecule has 0 saturated carbocycles.